The van der Waals surface area contributed by atoms with Crippen LogP contribution in [0.15, 0.2) is 53.1 Å². The van der Waals surface area contributed by atoms with E-state index in [9.17, 15) is 14.7 Å². The molecule has 0 saturated carbocycles. The van der Waals surface area contributed by atoms with E-state index in [-0.39, 0.29) is 24.8 Å². The lowest BCUT2D eigenvalue weighted by atomic mass is 10.2. The van der Waals surface area contributed by atoms with E-state index >= 15 is 0 Å². The molecule has 0 saturated heterocycles. The van der Waals surface area contributed by atoms with Gasteiger partial charge >= 0.3 is 0 Å². The van der Waals surface area contributed by atoms with Crippen molar-refractivity contribution < 1.29 is 19.1 Å². The fourth-order valence-electron chi connectivity index (χ4n) is 2.11. The van der Waals surface area contributed by atoms with Crippen molar-refractivity contribution in [2.24, 2.45) is 0 Å². The normalized spacial score (nSPS) is 11.7. The number of rotatable bonds is 8. The number of hydrogen-bond acceptors (Lipinski definition) is 4. The third-order valence-electron chi connectivity index (χ3n) is 3.31. The first-order valence-corrected chi connectivity index (χ1v) is 7.47. The summed E-state index contributed by atoms with van der Waals surface area (Å²) in [6.45, 7) is 0.176. The maximum atomic E-state index is 11.8. The van der Waals surface area contributed by atoms with Crippen LogP contribution in [-0.2, 0) is 4.79 Å². The lowest BCUT2D eigenvalue weighted by Crippen LogP contribution is -2.31. The van der Waals surface area contributed by atoms with E-state index in [0.29, 0.717) is 24.3 Å². The van der Waals surface area contributed by atoms with Crippen molar-refractivity contribution in [1.29, 1.82) is 0 Å². The first-order chi connectivity index (χ1) is 11.2. The summed E-state index contributed by atoms with van der Waals surface area (Å²) in [4.78, 5) is 23.7. The molecule has 0 aliphatic rings. The Morgan fingerprint density at radius 2 is 1.91 bits per heavy atom. The standard InChI is InChI=1S/C17H20N2O4/c20-12-14(15-8-5-11-23-15)19-16(21)9-4-10-18-17(22)13-6-2-1-3-7-13/h1-3,5-8,11,14,20H,4,9-10,12H2,(H,18,22)(H,19,21). The summed E-state index contributed by atoms with van der Waals surface area (Å²) in [7, 11) is 0. The molecule has 1 aromatic heterocycles. The van der Waals surface area contributed by atoms with Crippen LogP contribution in [-0.4, -0.2) is 30.1 Å². The van der Waals surface area contributed by atoms with Gasteiger partial charge in [0.1, 0.15) is 11.8 Å². The van der Waals surface area contributed by atoms with Gasteiger partial charge in [0, 0.05) is 18.5 Å². The molecule has 122 valence electrons. The van der Waals surface area contributed by atoms with E-state index < -0.39 is 6.04 Å². The minimum Gasteiger partial charge on any atom is -0.467 e. The third-order valence-corrected chi connectivity index (χ3v) is 3.31. The Kier molecular flexibility index (Phi) is 6.38. The number of benzene rings is 1. The van der Waals surface area contributed by atoms with Crippen LogP contribution >= 0.6 is 0 Å². The molecule has 0 fully saturated rings. The first-order valence-electron chi connectivity index (χ1n) is 7.47. The van der Waals surface area contributed by atoms with Crippen LogP contribution < -0.4 is 10.6 Å². The van der Waals surface area contributed by atoms with Gasteiger partial charge in [-0.15, -0.1) is 0 Å². The van der Waals surface area contributed by atoms with Gasteiger partial charge in [-0.3, -0.25) is 9.59 Å². The topological polar surface area (TPSA) is 91.6 Å². The molecule has 1 unspecified atom stereocenters. The SMILES string of the molecule is O=C(CCCNC(=O)c1ccccc1)NC(CO)c1ccco1. The van der Waals surface area contributed by atoms with Crippen LogP contribution in [0.2, 0.25) is 0 Å². The summed E-state index contributed by atoms with van der Waals surface area (Å²) in [6.07, 6.45) is 2.26. The smallest absolute Gasteiger partial charge is 0.251 e. The van der Waals surface area contributed by atoms with Crippen LogP contribution in [0.5, 0.6) is 0 Å². The molecule has 0 aliphatic heterocycles. The second-order valence-corrected chi connectivity index (χ2v) is 5.04. The minimum atomic E-state index is -0.545. The molecule has 2 amide bonds. The van der Waals surface area contributed by atoms with Crippen LogP contribution in [0.4, 0.5) is 0 Å². The van der Waals surface area contributed by atoms with E-state index in [4.69, 9.17) is 4.42 Å². The molecule has 6 nitrogen and oxygen atoms in total. The summed E-state index contributed by atoms with van der Waals surface area (Å²) in [6, 6.07) is 11.8. The monoisotopic (exact) mass is 316 g/mol. The third kappa shape index (κ3) is 5.27. The summed E-state index contributed by atoms with van der Waals surface area (Å²) >= 11 is 0. The molecule has 0 spiro atoms. The minimum absolute atomic E-state index is 0.158. The molecule has 2 aromatic rings. The first kappa shape index (κ1) is 16.8. The Morgan fingerprint density at radius 1 is 1.13 bits per heavy atom. The lowest BCUT2D eigenvalue weighted by molar-refractivity contribution is -0.122. The van der Waals surface area contributed by atoms with E-state index in [2.05, 4.69) is 10.6 Å². The Bertz CT molecular complexity index is 611. The van der Waals surface area contributed by atoms with Gasteiger partial charge in [0.2, 0.25) is 5.91 Å². The van der Waals surface area contributed by atoms with Crippen LogP contribution in [0, 0.1) is 0 Å². The molecule has 1 atom stereocenters. The molecule has 3 N–H and O–H groups in total. The highest BCUT2D eigenvalue weighted by molar-refractivity contribution is 5.94. The Labute approximate surface area is 134 Å². The van der Waals surface area contributed by atoms with Crippen molar-refractivity contribution in [2.75, 3.05) is 13.2 Å². The zero-order chi connectivity index (χ0) is 16.5. The number of nitrogens with one attached hydrogen (secondary N) is 2. The number of carbonyl (C=O) groups is 2. The Morgan fingerprint density at radius 3 is 2.57 bits per heavy atom. The van der Waals surface area contributed by atoms with Crippen molar-refractivity contribution in [3.63, 3.8) is 0 Å². The van der Waals surface area contributed by atoms with E-state index in [1.807, 2.05) is 6.07 Å². The number of carbonyl (C=O) groups excluding carboxylic acids is 2. The average Bonchev–Trinajstić information content (AvgIpc) is 3.11. The second kappa shape index (κ2) is 8.75. The molecule has 1 heterocycles. The fraction of sp³-hybridized carbons (Fsp3) is 0.294. The van der Waals surface area contributed by atoms with Gasteiger partial charge in [-0.25, -0.2) is 0 Å². The number of aliphatic hydroxyl groups is 1. The predicted molar refractivity (Wildman–Crippen MR) is 84.7 cm³/mol. The predicted octanol–water partition coefficient (Wildman–Crippen LogP) is 1.64. The summed E-state index contributed by atoms with van der Waals surface area (Å²) < 4.78 is 5.16. The van der Waals surface area contributed by atoms with Gasteiger partial charge in [-0.1, -0.05) is 18.2 Å². The highest BCUT2D eigenvalue weighted by Crippen LogP contribution is 2.12. The van der Waals surface area contributed by atoms with Crippen molar-refractivity contribution >= 4 is 11.8 Å². The molecule has 23 heavy (non-hydrogen) atoms. The Balaban J connectivity index is 1.68. The van der Waals surface area contributed by atoms with E-state index in [1.54, 1.807) is 36.4 Å². The largest absolute Gasteiger partial charge is 0.467 e. The molecular weight excluding hydrogens is 296 g/mol. The zero-order valence-corrected chi connectivity index (χ0v) is 12.7. The maximum absolute atomic E-state index is 11.8. The van der Waals surface area contributed by atoms with Gasteiger partial charge in [0.25, 0.3) is 5.91 Å². The molecule has 0 bridgehead atoms. The van der Waals surface area contributed by atoms with Gasteiger partial charge in [-0.05, 0) is 30.7 Å². The van der Waals surface area contributed by atoms with Crippen molar-refractivity contribution in [2.45, 2.75) is 18.9 Å². The molecule has 1 aromatic carbocycles. The van der Waals surface area contributed by atoms with E-state index in [1.165, 1.54) is 6.26 Å². The number of aliphatic hydroxyl groups excluding tert-OH is 1. The molecule has 0 aliphatic carbocycles. The lowest BCUT2D eigenvalue weighted by Gasteiger charge is -2.13. The second-order valence-electron chi connectivity index (χ2n) is 5.04. The van der Waals surface area contributed by atoms with Crippen molar-refractivity contribution in [3.05, 3.63) is 60.1 Å². The van der Waals surface area contributed by atoms with Crippen LogP contribution in [0.3, 0.4) is 0 Å². The molecular formula is C17H20N2O4. The van der Waals surface area contributed by atoms with E-state index in [0.717, 1.165) is 0 Å². The molecule has 6 heteroatoms. The Hall–Kier alpha value is -2.60. The summed E-state index contributed by atoms with van der Waals surface area (Å²) in [5, 5.41) is 14.7. The van der Waals surface area contributed by atoms with Gasteiger partial charge < -0.3 is 20.2 Å². The number of furan rings is 1. The molecule has 2 rings (SSSR count). The fourth-order valence-corrected chi connectivity index (χ4v) is 2.11. The quantitative estimate of drug-likeness (QED) is 0.646. The van der Waals surface area contributed by atoms with Crippen LogP contribution in [0.25, 0.3) is 0 Å². The highest BCUT2D eigenvalue weighted by Gasteiger charge is 2.15. The zero-order valence-electron chi connectivity index (χ0n) is 12.7. The maximum Gasteiger partial charge on any atom is 0.251 e. The highest BCUT2D eigenvalue weighted by atomic mass is 16.3. The summed E-state index contributed by atoms with van der Waals surface area (Å²) in [5.74, 6) is 0.155. The number of amides is 2. The van der Waals surface area contributed by atoms with Crippen molar-refractivity contribution in [1.82, 2.24) is 10.6 Å². The number of hydrogen-bond donors (Lipinski definition) is 3. The average molecular weight is 316 g/mol. The van der Waals surface area contributed by atoms with Gasteiger partial charge in [0.15, 0.2) is 0 Å². The van der Waals surface area contributed by atoms with Crippen LogP contribution in [0.1, 0.15) is 35.0 Å². The van der Waals surface area contributed by atoms with Gasteiger partial charge in [0.05, 0.1) is 12.9 Å². The van der Waals surface area contributed by atoms with Crippen molar-refractivity contribution in [3.8, 4) is 0 Å². The molecule has 0 radical (unpaired) electrons. The van der Waals surface area contributed by atoms with Gasteiger partial charge in [-0.2, -0.15) is 0 Å². The summed E-state index contributed by atoms with van der Waals surface area (Å²) in [5.41, 5.74) is 0.593.